The standard InChI is InChI=1S/C11H22N2O/c1-5-11(7-6-8-11)12-9(2)10(14)13(3)4/h9,12H,5-8H2,1-4H3. The van der Waals surface area contributed by atoms with Crippen LogP contribution < -0.4 is 5.32 Å². The van der Waals surface area contributed by atoms with Crippen molar-refractivity contribution in [1.82, 2.24) is 10.2 Å². The second kappa shape index (κ2) is 4.30. The van der Waals surface area contributed by atoms with Gasteiger partial charge in [0.15, 0.2) is 0 Å². The van der Waals surface area contributed by atoms with Gasteiger partial charge in [-0.3, -0.25) is 4.79 Å². The maximum absolute atomic E-state index is 11.6. The van der Waals surface area contributed by atoms with Crippen molar-refractivity contribution in [2.45, 2.75) is 51.1 Å². The molecule has 0 aromatic carbocycles. The molecular formula is C11H22N2O. The number of hydrogen-bond acceptors (Lipinski definition) is 2. The van der Waals surface area contributed by atoms with Crippen LogP contribution in [-0.2, 0) is 4.79 Å². The Kier molecular flexibility index (Phi) is 3.53. The molecule has 0 radical (unpaired) electrons. The average Bonchev–Trinajstić information content (AvgIpc) is 2.09. The van der Waals surface area contributed by atoms with Crippen LogP contribution in [0.2, 0.25) is 0 Å². The minimum atomic E-state index is -0.0507. The molecule has 0 spiro atoms. The van der Waals surface area contributed by atoms with E-state index in [1.54, 1.807) is 19.0 Å². The average molecular weight is 198 g/mol. The molecule has 1 atom stereocenters. The van der Waals surface area contributed by atoms with Gasteiger partial charge in [-0.05, 0) is 32.6 Å². The Bertz CT molecular complexity index is 204. The normalized spacial score (nSPS) is 21.1. The van der Waals surface area contributed by atoms with Crippen LogP contribution in [0.15, 0.2) is 0 Å². The van der Waals surface area contributed by atoms with E-state index in [9.17, 15) is 4.79 Å². The quantitative estimate of drug-likeness (QED) is 0.740. The Morgan fingerprint density at radius 3 is 2.36 bits per heavy atom. The summed E-state index contributed by atoms with van der Waals surface area (Å²) < 4.78 is 0. The summed E-state index contributed by atoms with van der Waals surface area (Å²) in [6.45, 7) is 4.15. The van der Waals surface area contributed by atoms with Crippen molar-refractivity contribution in [2.24, 2.45) is 0 Å². The summed E-state index contributed by atoms with van der Waals surface area (Å²) >= 11 is 0. The second-order valence-corrected chi connectivity index (χ2v) is 4.59. The molecule has 0 bridgehead atoms. The van der Waals surface area contributed by atoms with Gasteiger partial charge >= 0.3 is 0 Å². The van der Waals surface area contributed by atoms with Gasteiger partial charge in [0.05, 0.1) is 6.04 Å². The van der Waals surface area contributed by atoms with Crippen LogP contribution in [0.25, 0.3) is 0 Å². The van der Waals surface area contributed by atoms with Crippen LogP contribution in [-0.4, -0.2) is 36.5 Å². The van der Waals surface area contributed by atoms with Gasteiger partial charge in [0.1, 0.15) is 0 Å². The highest BCUT2D eigenvalue weighted by Gasteiger charge is 2.37. The summed E-state index contributed by atoms with van der Waals surface area (Å²) in [5.41, 5.74) is 0.255. The van der Waals surface area contributed by atoms with E-state index in [1.165, 1.54) is 19.3 Å². The molecule has 1 unspecified atom stereocenters. The van der Waals surface area contributed by atoms with Crippen LogP contribution in [0, 0.1) is 0 Å². The van der Waals surface area contributed by atoms with E-state index in [0.717, 1.165) is 6.42 Å². The molecule has 0 aromatic rings. The first-order valence-electron chi connectivity index (χ1n) is 5.49. The molecule has 1 amide bonds. The molecule has 14 heavy (non-hydrogen) atoms. The molecule has 82 valence electrons. The summed E-state index contributed by atoms with van der Waals surface area (Å²) in [7, 11) is 3.61. The van der Waals surface area contributed by atoms with Gasteiger partial charge in [-0.1, -0.05) is 6.92 Å². The number of amides is 1. The highest BCUT2D eigenvalue weighted by molar-refractivity contribution is 5.81. The Hall–Kier alpha value is -0.570. The van der Waals surface area contributed by atoms with Crippen LogP contribution in [0.4, 0.5) is 0 Å². The molecule has 1 saturated carbocycles. The number of nitrogens with one attached hydrogen (secondary N) is 1. The highest BCUT2D eigenvalue weighted by atomic mass is 16.2. The van der Waals surface area contributed by atoms with E-state index >= 15 is 0 Å². The number of likely N-dealkylation sites (N-methyl/N-ethyl adjacent to an activating group) is 1. The number of rotatable bonds is 4. The van der Waals surface area contributed by atoms with Gasteiger partial charge in [0.2, 0.25) is 5.91 Å². The lowest BCUT2D eigenvalue weighted by Crippen LogP contribution is -2.57. The van der Waals surface area contributed by atoms with E-state index in [1.807, 2.05) is 6.92 Å². The zero-order valence-corrected chi connectivity index (χ0v) is 9.76. The summed E-state index contributed by atoms with van der Waals surface area (Å²) in [6.07, 6.45) is 4.85. The molecule has 3 heteroatoms. The Morgan fingerprint density at radius 2 is 2.07 bits per heavy atom. The first-order valence-corrected chi connectivity index (χ1v) is 5.49. The van der Waals surface area contributed by atoms with Crippen molar-refractivity contribution in [3.63, 3.8) is 0 Å². The fourth-order valence-electron chi connectivity index (χ4n) is 2.11. The third kappa shape index (κ3) is 2.27. The Morgan fingerprint density at radius 1 is 1.50 bits per heavy atom. The molecular weight excluding hydrogens is 176 g/mol. The van der Waals surface area contributed by atoms with E-state index in [4.69, 9.17) is 0 Å². The summed E-state index contributed by atoms with van der Waals surface area (Å²) in [5, 5.41) is 3.47. The van der Waals surface area contributed by atoms with Crippen LogP contribution in [0.3, 0.4) is 0 Å². The SMILES string of the molecule is CCC1(NC(C)C(=O)N(C)C)CCC1. The molecule has 0 aromatic heterocycles. The van der Waals surface area contributed by atoms with E-state index in [2.05, 4.69) is 12.2 Å². The number of carbonyl (C=O) groups is 1. The van der Waals surface area contributed by atoms with Crippen molar-refractivity contribution in [1.29, 1.82) is 0 Å². The zero-order chi connectivity index (χ0) is 10.8. The fraction of sp³-hybridized carbons (Fsp3) is 0.909. The zero-order valence-electron chi connectivity index (χ0n) is 9.76. The summed E-state index contributed by atoms with van der Waals surface area (Å²) in [4.78, 5) is 13.3. The largest absolute Gasteiger partial charge is 0.347 e. The van der Waals surface area contributed by atoms with Gasteiger partial charge in [-0.15, -0.1) is 0 Å². The van der Waals surface area contributed by atoms with E-state index in [-0.39, 0.29) is 17.5 Å². The minimum absolute atomic E-state index is 0.0507. The molecule has 3 nitrogen and oxygen atoms in total. The van der Waals surface area contributed by atoms with E-state index in [0.29, 0.717) is 0 Å². The molecule has 1 N–H and O–H groups in total. The van der Waals surface area contributed by atoms with Crippen molar-refractivity contribution >= 4 is 5.91 Å². The predicted molar refractivity (Wildman–Crippen MR) is 58.2 cm³/mol. The Labute approximate surface area is 86.9 Å². The molecule has 1 aliphatic carbocycles. The maximum atomic E-state index is 11.6. The maximum Gasteiger partial charge on any atom is 0.238 e. The predicted octanol–water partition coefficient (Wildman–Crippen LogP) is 1.39. The lowest BCUT2D eigenvalue weighted by molar-refractivity contribution is -0.131. The lowest BCUT2D eigenvalue weighted by atomic mass is 9.74. The van der Waals surface area contributed by atoms with Gasteiger partial charge < -0.3 is 10.2 Å². The molecule has 0 saturated heterocycles. The topological polar surface area (TPSA) is 32.3 Å². The molecule has 0 aliphatic heterocycles. The summed E-state index contributed by atoms with van der Waals surface area (Å²) in [5.74, 6) is 0.171. The van der Waals surface area contributed by atoms with Gasteiger partial charge in [0.25, 0.3) is 0 Å². The van der Waals surface area contributed by atoms with Gasteiger partial charge in [-0.2, -0.15) is 0 Å². The van der Waals surface area contributed by atoms with Crippen molar-refractivity contribution in [2.75, 3.05) is 14.1 Å². The fourth-order valence-corrected chi connectivity index (χ4v) is 2.11. The van der Waals surface area contributed by atoms with Gasteiger partial charge in [-0.25, -0.2) is 0 Å². The van der Waals surface area contributed by atoms with Crippen molar-refractivity contribution < 1.29 is 4.79 Å². The van der Waals surface area contributed by atoms with Gasteiger partial charge in [0, 0.05) is 19.6 Å². The number of nitrogens with zero attached hydrogens (tertiary/aromatic N) is 1. The first-order chi connectivity index (χ1) is 6.51. The van der Waals surface area contributed by atoms with Crippen molar-refractivity contribution in [3.8, 4) is 0 Å². The number of carbonyl (C=O) groups excluding carboxylic acids is 1. The second-order valence-electron chi connectivity index (χ2n) is 4.59. The van der Waals surface area contributed by atoms with Crippen LogP contribution >= 0.6 is 0 Å². The highest BCUT2D eigenvalue weighted by Crippen LogP contribution is 2.35. The molecule has 1 aliphatic rings. The number of hydrogen-bond donors (Lipinski definition) is 1. The summed E-state index contributed by atoms with van der Waals surface area (Å²) in [6, 6.07) is -0.0507. The third-order valence-corrected chi connectivity index (χ3v) is 3.32. The third-order valence-electron chi connectivity index (χ3n) is 3.32. The molecule has 1 fully saturated rings. The first kappa shape index (κ1) is 11.5. The van der Waals surface area contributed by atoms with E-state index < -0.39 is 0 Å². The van der Waals surface area contributed by atoms with Crippen LogP contribution in [0.5, 0.6) is 0 Å². The minimum Gasteiger partial charge on any atom is -0.347 e. The Balaban J connectivity index is 2.46. The molecule has 1 rings (SSSR count). The smallest absolute Gasteiger partial charge is 0.238 e. The monoisotopic (exact) mass is 198 g/mol. The van der Waals surface area contributed by atoms with Crippen LogP contribution in [0.1, 0.15) is 39.5 Å². The molecule has 0 heterocycles. The van der Waals surface area contributed by atoms with Crippen molar-refractivity contribution in [3.05, 3.63) is 0 Å². The lowest BCUT2D eigenvalue weighted by Gasteiger charge is -2.44.